The largest absolute Gasteiger partial charge is 0.351 e. The lowest BCUT2D eigenvalue weighted by Gasteiger charge is -2.18. The van der Waals surface area contributed by atoms with E-state index in [9.17, 15) is 0 Å². The minimum atomic E-state index is -0.230. The molecule has 0 radical (unpaired) electrons. The molecule has 1 aromatic carbocycles. The van der Waals surface area contributed by atoms with Gasteiger partial charge in [0.15, 0.2) is 6.29 Å². The summed E-state index contributed by atoms with van der Waals surface area (Å²) >= 11 is 0. The van der Waals surface area contributed by atoms with Crippen LogP contribution >= 0.6 is 0 Å². The Kier molecular flexibility index (Phi) is 5.12. The molecule has 0 aliphatic heterocycles. The van der Waals surface area contributed by atoms with Crippen LogP contribution in [0.25, 0.3) is 11.4 Å². The SMILES string of the molecule is CCOC(Cn1ccnc1-c1ccccc1)OCC. The Morgan fingerprint density at radius 3 is 2.42 bits per heavy atom. The van der Waals surface area contributed by atoms with Gasteiger partial charge in [-0.15, -0.1) is 0 Å². The minimum Gasteiger partial charge on any atom is -0.351 e. The Morgan fingerprint density at radius 1 is 1.11 bits per heavy atom. The third kappa shape index (κ3) is 3.66. The molecule has 2 rings (SSSR count). The highest BCUT2D eigenvalue weighted by Gasteiger charge is 2.12. The van der Waals surface area contributed by atoms with Crippen molar-refractivity contribution in [2.75, 3.05) is 13.2 Å². The van der Waals surface area contributed by atoms with Gasteiger partial charge in [-0.3, -0.25) is 0 Å². The molecule has 19 heavy (non-hydrogen) atoms. The highest BCUT2D eigenvalue weighted by atomic mass is 16.7. The van der Waals surface area contributed by atoms with E-state index >= 15 is 0 Å². The Labute approximate surface area is 114 Å². The Hall–Kier alpha value is -1.65. The van der Waals surface area contributed by atoms with Crippen LogP contribution in [-0.4, -0.2) is 29.1 Å². The highest BCUT2D eigenvalue weighted by molar-refractivity contribution is 5.55. The molecule has 4 heteroatoms. The van der Waals surface area contributed by atoms with Gasteiger partial charge in [-0.25, -0.2) is 4.98 Å². The van der Waals surface area contributed by atoms with Crippen molar-refractivity contribution in [3.8, 4) is 11.4 Å². The maximum atomic E-state index is 5.58. The van der Waals surface area contributed by atoms with Crippen LogP contribution < -0.4 is 0 Å². The van der Waals surface area contributed by atoms with E-state index in [2.05, 4.69) is 21.7 Å². The molecule has 1 aromatic heterocycles. The summed E-state index contributed by atoms with van der Waals surface area (Å²) in [5.41, 5.74) is 1.10. The van der Waals surface area contributed by atoms with E-state index in [1.54, 1.807) is 6.20 Å². The molecule has 0 bridgehead atoms. The first kappa shape index (κ1) is 13.8. The molecule has 0 amide bonds. The van der Waals surface area contributed by atoms with Crippen molar-refractivity contribution >= 4 is 0 Å². The Balaban J connectivity index is 2.15. The smallest absolute Gasteiger partial charge is 0.175 e. The van der Waals surface area contributed by atoms with Crippen LogP contribution in [0.15, 0.2) is 42.7 Å². The van der Waals surface area contributed by atoms with Crippen LogP contribution in [-0.2, 0) is 16.0 Å². The number of nitrogens with zero attached hydrogens (tertiary/aromatic N) is 2. The van der Waals surface area contributed by atoms with E-state index in [0.717, 1.165) is 11.4 Å². The summed E-state index contributed by atoms with van der Waals surface area (Å²) < 4.78 is 13.2. The second kappa shape index (κ2) is 7.07. The molecule has 0 aliphatic carbocycles. The van der Waals surface area contributed by atoms with Gasteiger partial charge in [0.25, 0.3) is 0 Å². The van der Waals surface area contributed by atoms with Crippen molar-refractivity contribution in [2.24, 2.45) is 0 Å². The van der Waals surface area contributed by atoms with Crippen LogP contribution in [0.1, 0.15) is 13.8 Å². The number of aromatic nitrogens is 2. The Bertz CT molecular complexity index is 476. The quantitative estimate of drug-likeness (QED) is 0.718. The highest BCUT2D eigenvalue weighted by Crippen LogP contribution is 2.17. The van der Waals surface area contributed by atoms with E-state index in [1.807, 2.05) is 38.2 Å². The van der Waals surface area contributed by atoms with Crippen LogP contribution in [0.5, 0.6) is 0 Å². The molecule has 0 saturated heterocycles. The summed E-state index contributed by atoms with van der Waals surface area (Å²) in [5.74, 6) is 0.935. The average molecular weight is 260 g/mol. The Morgan fingerprint density at radius 2 is 1.79 bits per heavy atom. The molecule has 102 valence electrons. The normalized spacial score (nSPS) is 11.1. The maximum Gasteiger partial charge on any atom is 0.175 e. The standard InChI is InChI=1S/C15H20N2O2/c1-3-18-14(19-4-2)12-17-11-10-16-15(17)13-8-6-5-7-9-13/h5-11,14H,3-4,12H2,1-2H3. The van der Waals surface area contributed by atoms with Gasteiger partial charge < -0.3 is 14.0 Å². The van der Waals surface area contributed by atoms with Crippen LogP contribution in [0.4, 0.5) is 0 Å². The number of rotatable bonds is 7. The zero-order valence-corrected chi connectivity index (χ0v) is 11.5. The van der Waals surface area contributed by atoms with E-state index in [4.69, 9.17) is 9.47 Å². The van der Waals surface area contributed by atoms with Gasteiger partial charge in [0.2, 0.25) is 0 Å². The number of hydrogen-bond acceptors (Lipinski definition) is 3. The molecular weight excluding hydrogens is 240 g/mol. The van der Waals surface area contributed by atoms with Gasteiger partial charge in [0.1, 0.15) is 5.82 Å². The van der Waals surface area contributed by atoms with Crippen molar-refractivity contribution in [3.63, 3.8) is 0 Å². The first-order valence-corrected chi connectivity index (χ1v) is 6.65. The number of imidazole rings is 1. The summed E-state index contributed by atoms with van der Waals surface area (Å²) in [5, 5.41) is 0. The van der Waals surface area contributed by atoms with Crippen LogP contribution in [0.3, 0.4) is 0 Å². The molecule has 4 nitrogen and oxygen atoms in total. The van der Waals surface area contributed by atoms with E-state index in [1.165, 1.54) is 0 Å². The minimum absolute atomic E-state index is 0.230. The molecule has 0 unspecified atom stereocenters. The average Bonchev–Trinajstić information content (AvgIpc) is 2.88. The molecule has 1 heterocycles. The van der Waals surface area contributed by atoms with Crippen molar-refractivity contribution < 1.29 is 9.47 Å². The van der Waals surface area contributed by atoms with Gasteiger partial charge in [0.05, 0.1) is 6.54 Å². The number of benzene rings is 1. The number of hydrogen-bond donors (Lipinski definition) is 0. The van der Waals surface area contributed by atoms with Crippen LogP contribution in [0.2, 0.25) is 0 Å². The van der Waals surface area contributed by atoms with Gasteiger partial charge in [-0.2, -0.15) is 0 Å². The van der Waals surface area contributed by atoms with Crippen molar-refractivity contribution in [3.05, 3.63) is 42.7 Å². The molecule has 0 saturated carbocycles. The maximum absolute atomic E-state index is 5.58. The summed E-state index contributed by atoms with van der Waals surface area (Å²) in [6, 6.07) is 10.1. The van der Waals surface area contributed by atoms with Crippen molar-refractivity contribution in [1.82, 2.24) is 9.55 Å². The summed E-state index contributed by atoms with van der Waals surface area (Å²) in [6.07, 6.45) is 3.52. The fraction of sp³-hybridized carbons (Fsp3) is 0.400. The van der Waals surface area contributed by atoms with Crippen molar-refractivity contribution in [2.45, 2.75) is 26.7 Å². The summed E-state index contributed by atoms with van der Waals surface area (Å²) in [7, 11) is 0. The molecule has 0 atom stereocenters. The van der Waals surface area contributed by atoms with Crippen molar-refractivity contribution in [1.29, 1.82) is 0 Å². The molecule has 0 N–H and O–H groups in total. The molecule has 0 spiro atoms. The van der Waals surface area contributed by atoms with Gasteiger partial charge >= 0.3 is 0 Å². The predicted octanol–water partition coefficient (Wildman–Crippen LogP) is 2.95. The van der Waals surface area contributed by atoms with E-state index in [0.29, 0.717) is 19.8 Å². The van der Waals surface area contributed by atoms with Gasteiger partial charge in [-0.1, -0.05) is 30.3 Å². The first-order chi connectivity index (χ1) is 9.35. The third-order valence-electron chi connectivity index (χ3n) is 2.80. The monoisotopic (exact) mass is 260 g/mol. The van der Waals surface area contributed by atoms with E-state index in [-0.39, 0.29) is 6.29 Å². The lowest BCUT2D eigenvalue weighted by Crippen LogP contribution is -2.23. The number of ether oxygens (including phenoxy) is 2. The van der Waals surface area contributed by atoms with Crippen LogP contribution in [0, 0.1) is 0 Å². The molecule has 0 aliphatic rings. The fourth-order valence-corrected chi connectivity index (χ4v) is 1.99. The summed E-state index contributed by atoms with van der Waals surface area (Å²) in [4.78, 5) is 4.41. The van der Waals surface area contributed by atoms with Gasteiger partial charge in [-0.05, 0) is 13.8 Å². The zero-order chi connectivity index (χ0) is 13.5. The third-order valence-corrected chi connectivity index (χ3v) is 2.80. The molecule has 2 aromatic rings. The second-order valence-corrected chi connectivity index (χ2v) is 4.11. The first-order valence-electron chi connectivity index (χ1n) is 6.65. The van der Waals surface area contributed by atoms with Gasteiger partial charge in [0, 0.05) is 31.2 Å². The predicted molar refractivity (Wildman–Crippen MR) is 74.7 cm³/mol. The zero-order valence-electron chi connectivity index (χ0n) is 11.5. The molecular formula is C15H20N2O2. The van der Waals surface area contributed by atoms with E-state index < -0.39 is 0 Å². The fourth-order valence-electron chi connectivity index (χ4n) is 1.99. The lowest BCUT2D eigenvalue weighted by molar-refractivity contribution is -0.143. The second-order valence-electron chi connectivity index (χ2n) is 4.11. The summed E-state index contributed by atoms with van der Waals surface area (Å²) in [6.45, 7) is 5.86. The molecule has 0 fully saturated rings. The topological polar surface area (TPSA) is 36.3 Å². The lowest BCUT2D eigenvalue weighted by atomic mass is 10.2.